The first-order valence-electron chi connectivity index (χ1n) is 9.92. The van der Waals surface area contributed by atoms with E-state index in [1.54, 1.807) is 62.0 Å². The monoisotopic (exact) mass is 413 g/mol. The minimum Gasteiger partial charge on any atom is -0.497 e. The van der Waals surface area contributed by atoms with Crippen molar-refractivity contribution in [3.05, 3.63) is 95.3 Å². The Labute approximate surface area is 181 Å². The number of nitrogens with one attached hydrogen (secondary N) is 2. The van der Waals surface area contributed by atoms with Crippen LogP contribution in [0.3, 0.4) is 0 Å². The third kappa shape index (κ3) is 4.19. The minimum atomic E-state index is -0.289. The van der Waals surface area contributed by atoms with Gasteiger partial charge in [0.25, 0.3) is 5.91 Å². The lowest BCUT2D eigenvalue weighted by atomic mass is 9.94. The normalized spacial score (nSPS) is 15.1. The highest BCUT2D eigenvalue weighted by molar-refractivity contribution is 6.10. The predicted octanol–water partition coefficient (Wildman–Crippen LogP) is 4.40. The summed E-state index contributed by atoms with van der Waals surface area (Å²) >= 11 is 0. The first kappa shape index (κ1) is 20.3. The second-order valence-electron chi connectivity index (χ2n) is 7.85. The number of ketones is 1. The number of aromatic nitrogens is 1. The summed E-state index contributed by atoms with van der Waals surface area (Å²) in [5.41, 5.74) is 4.15. The van der Waals surface area contributed by atoms with Gasteiger partial charge < -0.3 is 15.4 Å². The SMILES string of the molecule is COc1ccc2c(c1)/C(=C/C(=O)c1ccc(C(=O)Nc3ccncc3)cc1)NC2(C)C. The smallest absolute Gasteiger partial charge is 0.255 e. The zero-order valence-corrected chi connectivity index (χ0v) is 17.6. The van der Waals surface area contributed by atoms with E-state index in [0.29, 0.717) is 16.8 Å². The number of pyridine rings is 1. The Kier molecular flexibility index (Phi) is 5.29. The van der Waals surface area contributed by atoms with Crippen molar-refractivity contribution in [2.75, 3.05) is 12.4 Å². The predicted molar refractivity (Wildman–Crippen MR) is 120 cm³/mol. The molecule has 0 saturated carbocycles. The highest BCUT2D eigenvalue weighted by atomic mass is 16.5. The number of carbonyl (C=O) groups excluding carboxylic acids is 2. The molecular formula is C25H23N3O3. The highest BCUT2D eigenvalue weighted by Gasteiger charge is 2.33. The van der Waals surface area contributed by atoms with Crippen LogP contribution in [0.25, 0.3) is 5.70 Å². The number of allylic oxidation sites excluding steroid dienone is 1. The van der Waals surface area contributed by atoms with Crippen molar-refractivity contribution >= 4 is 23.1 Å². The lowest BCUT2D eigenvalue weighted by Crippen LogP contribution is -2.28. The molecule has 2 heterocycles. The molecule has 156 valence electrons. The van der Waals surface area contributed by atoms with Gasteiger partial charge in [-0.05, 0) is 55.8 Å². The fourth-order valence-corrected chi connectivity index (χ4v) is 3.64. The highest BCUT2D eigenvalue weighted by Crippen LogP contribution is 2.38. The van der Waals surface area contributed by atoms with Gasteiger partial charge in [-0.3, -0.25) is 14.6 Å². The summed E-state index contributed by atoms with van der Waals surface area (Å²) in [6, 6.07) is 15.9. The summed E-state index contributed by atoms with van der Waals surface area (Å²) in [7, 11) is 1.62. The van der Waals surface area contributed by atoms with Crippen molar-refractivity contribution in [3.63, 3.8) is 0 Å². The van der Waals surface area contributed by atoms with E-state index < -0.39 is 0 Å². The van der Waals surface area contributed by atoms with Gasteiger partial charge in [0.1, 0.15) is 5.75 Å². The number of anilines is 1. The van der Waals surface area contributed by atoms with Gasteiger partial charge in [-0.1, -0.05) is 18.2 Å². The second-order valence-corrected chi connectivity index (χ2v) is 7.85. The number of hydrogen-bond donors (Lipinski definition) is 2. The molecule has 1 aliphatic rings. The lowest BCUT2D eigenvalue weighted by Gasteiger charge is -2.20. The van der Waals surface area contributed by atoms with Crippen molar-refractivity contribution < 1.29 is 14.3 Å². The Hall–Kier alpha value is -3.93. The summed E-state index contributed by atoms with van der Waals surface area (Å²) in [6.07, 6.45) is 4.81. The molecule has 0 spiro atoms. The molecule has 2 aromatic carbocycles. The molecule has 1 amide bonds. The molecule has 6 heteroatoms. The number of ether oxygens (including phenoxy) is 1. The molecule has 0 radical (unpaired) electrons. The van der Waals surface area contributed by atoms with Crippen LogP contribution in [0.5, 0.6) is 5.75 Å². The lowest BCUT2D eigenvalue weighted by molar-refractivity contribution is 0.102. The van der Waals surface area contributed by atoms with Gasteiger partial charge >= 0.3 is 0 Å². The Morgan fingerprint density at radius 3 is 2.35 bits per heavy atom. The summed E-state index contributed by atoms with van der Waals surface area (Å²) in [5.74, 6) is 0.347. The van der Waals surface area contributed by atoms with E-state index in [1.165, 1.54) is 0 Å². The van der Waals surface area contributed by atoms with Gasteiger partial charge in [-0.2, -0.15) is 0 Å². The van der Waals surface area contributed by atoms with Gasteiger partial charge in [0.2, 0.25) is 0 Å². The van der Waals surface area contributed by atoms with Crippen molar-refractivity contribution in [2.45, 2.75) is 19.4 Å². The van der Waals surface area contributed by atoms with Crippen molar-refractivity contribution in [1.29, 1.82) is 0 Å². The summed E-state index contributed by atoms with van der Waals surface area (Å²) < 4.78 is 5.34. The van der Waals surface area contributed by atoms with Crippen molar-refractivity contribution in [2.24, 2.45) is 0 Å². The van der Waals surface area contributed by atoms with Crippen LogP contribution in [0.2, 0.25) is 0 Å². The van der Waals surface area contributed by atoms with E-state index >= 15 is 0 Å². The molecule has 4 rings (SSSR count). The maximum absolute atomic E-state index is 12.9. The van der Waals surface area contributed by atoms with Crippen LogP contribution in [0, 0.1) is 0 Å². The number of nitrogens with zero attached hydrogens (tertiary/aromatic N) is 1. The zero-order chi connectivity index (χ0) is 22.0. The minimum absolute atomic E-state index is 0.143. The standard InChI is InChI=1S/C25H23N3O3/c1-25(2)21-9-8-19(31-3)14-20(21)22(28-25)15-23(29)16-4-6-17(7-5-16)24(30)27-18-10-12-26-13-11-18/h4-15,28H,1-3H3,(H,26,27,30)/b22-15-. The Balaban J connectivity index is 1.54. The van der Waals surface area contributed by atoms with Crippen molar-refractivity contribution in [3.8, 4) is 5.75 Å². The molecule has 0 bridgehead atoms. The van der Waals surface area contributed by atoms with Crippen LogP contribution >= 0.6 is 0 Å². The molecule has 0 unspecified atom stereocenters. The number of fused-ring (bicyclic) bond motifs is 1. The maximum Gasteiger partial charge on any atom is 0.255 e. The molecule has 0 atom stereocenters. The largest absolute Gasteiger partial charge is 0.497 e. The molecule has 31 heavy (non-hydrogen) atoms. The summed E-state index contributed by atoms with van der Waals surface area (Å²) in [5, 5.41) is 6.22. The number of hydrogen-bond acceptors (Lipinski definition) is 5. The van der Waals surface area contributed by atoms with E-state index in [9.17, 15) is 9.59 Å². The Morgan fingerprint density at radius 2 is 1.68 bits per heavy atom. The van der Waals surface area contributed by atoms with E-state index in [-0.39, 0.29) is 17.2 Å². The summed E-state index contributed by atoms with van der Waals surface area (Å²) in [6.45, 7) is 4.14. The molecule has 1 aromatic heterocycles. The van der Waals surface area contributed by atoms with Crippen LogP contribution in [0.4, 0.5) is 5.69 Å². The van der Waals surface area contributed by atoms with Crippen LogP contribution in [0.1, 0.15) is 45.7 Å². The Morgan fingerprint density at radius 1 is 1.00 bits per heavy atom. The maximum atomic E-state index is 12.9. The fourth-order valence-electron chi connectivity index (χ4n) is 3.64. The number of amides is 1. The van der Waals surface area contributed by atoms with Gasteiger partial charge in [0, 0.05) is 46.5 Å². The second kappa shape index (κ2) is 8.07. The molecule has 3 aromatic rings. The number of carbonyl (C=O) groups is 2. The summed E-state index contributed by atoms with van der Waals surface area (Å²) in [4.78, 5) is 29.2. The van der Waals surface area contributed by atoms with Gasteiger partial charge in [0.15, 0.2) is 5.78 Å². The van der Waals surface area contributed by atoms with Gasteiger partial charge in [0.05, 0.1) is 12.6 Å². The molecule has 1 aliphatic heterocycles. The van der Waals surface area contributed by atoms with E-state index in [2.05, 4.69) is 29.5 Å². The molecule has 2 N–H and O–H groups in total. The molecule has 0 saturated heterocycles. The third-order valence-corrected chi connectivity index (χ3v) is 5.28. The quantitative estimate of drug-likeness (QED) is 0.479. The fraction of sp³-hybridized carbons (Fsp3) is 0.160. The average Bonchev–Trinajstić information content (AvgIpc) is 3.03. The zero-order valence-electron chi connectivity index (χ0n) is 17.6. The first-order valence-corrected chi connectivity index (χ1v) is 9.92. The first-order chi connectivity index (χ1) is 14.9. The van der Waals surface area contributed by atoms with E-state index in [4.69, 9.17) is 4.74 Å². The number of rotatable bonds is 5. The Bertz CT molecular complexity index is 1170. The van der Waals surface area contributed by atoms with E-state index in [1.807, 2.05) is 18.2 Å². The molecule has 0 aliphatic carbocycles. The van der Waals surface area contributed by atoms with E-state index in [0.717, 1.165) is 22.6 Å². The number of benzene rings is 2. The molecular weight excluding hydrogens is 390 g/mol. The topological polar surface area (TPSA) is 80.3 Å². The number of methoxy groups -OCH3 is 1. The average molecular weight is 413 g/mol. The van der Waals surface area contributed by atoms with Crippen molar-refractivity contribution in [1.82, 2.24) is 10.3 Å². The van der Waals surface area contributed by atoms with Crippen LogP contribution in [-0.2, 0) is 5.54 Å². The van der Waals surface area contributed by atoms with Crippen LogP contribution < -0.4 is 15.4 Å². The van der Waals surface area contributed by atoms with Gasteiger partial charge in [-0.15, -0.1) is 0 Å². The third-order valence-electron chi connectivity index (χ3n) is 5.28. The molecule has 0 fully saturated rings. The van der Waals surface area contributed by atoms with Crippen LogP contribution in [0.15, 0.2) is 73.1 Å². The van der Waals surface area contributed by atoms with Crippen LogP contribution in [-0.4, -0.2) is 23.8 Å². The van der Waals surface area contributed by atoms with Gasteiger partial charge in [-0.25, -0.2) is 0 Å². The molecule has 6 nitrogen and oxygen atoms in total.